The Kier molecular flexibility index (Phi) is 10.4. The number of fused-ring (bicyclic) bond motifs is 1. The molecule has 0 saturated carbocycles. The number of aliphatic hydroxyl groups excluding tert-OH is 2. The van der Waals surface area contributed by atoms with E-state index in [1.807, 2.05) is 54.6 Å². The molecule has 1 heterocycles. The number of sulfonamides is 1. The number of nitrogens with one attached hydrogen (secondary N) is 2. The van der Waals surface area contributed by atoms with Crippen LogP contribution in [-0.2, 0) is 16.4 Å². The summed E-state index contributed by atoms with van der Waals surface area (Å²) in [4.78, 5) is 17.1. The second-order valence-electron chi connectivity index (χ2n) is 10.3. The first-order valence-corrected chi connectivity index (χ1v) is 15.8. The van der Waals surface area contributed by atoms with Gasteiger partial charge in [-0.1, -0.05) is 48.5 Å². The lowest BCUT2D eigenvalue weighted by atomic mass is 10.1. The molecule has 0 spiro atoms. The maximum Gasteiger partial charge on any atom is 0.265 e. The molecule has 0 radical (unpaired) electrons. The van der Waals surface area contributed by atoms with Crippen molar-refractivity contribution < 1.29 is 32.9 Å². The molecule has 0 aliphatic heterocycles. The highest BCUT2D eigenvalue weighted by Crippen LogP contribution is 2.29. The summed E-state index contributed by atoms with van der Waals surface area (Å²) in [6, 6.07) is 30.5. The predicted octanol–water partition coefficient (Wildman–Crippen LogP) is 4.08. The van der Waals surface area contributed by atoms with Gasteiger partial charge in [0.1, 0.15) is 30.0 Å². The molecule has 2 atom stereocenters. The number of ether oxygens (including phenoxy) is 2. The fourth-order valence-electron chi connectivity index (χ4n) is 4.57. The Morgan fingerprint density at radius 2 is 1.58 bits per heavy atom. The molecule has 1 amide bonds. The quantitative estimate of drug-likeness (QED) is 0.143. The molecular weight excluding hydrogens is 594 g/mol. The van der Waals surface area contributed by atoms with Crippen LogP contribution in [0.2, 0.25) is 0 Å². The van der Waals surface area contributed by atoms with E-state index in [1.165, 1.54) is 24.3 Å². The molecule has 10 nitrogen and oxygen atoms in total. The van der Waals surface area contributed by atoms with E-state index in [1.54, 1.807) is 36.5 Å². The van der Waals surface area contributed by atoms with Crippen LogP contribution in [0.25, 0.3) is 10.9 Å². The zero-order chi connectivity index (χ0) is 31.6. The van der Waals surface area contributed by atoms with E-state index in [0.717, 1.165) is 5.56 Å². The molecule has 0 unspecified atom stereocenters. The van der Waals surface area contributed by atoms with Crippen LogP contribution in [0.1, 0.15) is 15.9 Å². The summed E-state index contributed by atoms with van der Waals surface area (Å²) >= 11 is 0. The van der Waals surface area contributed by atoms with E-state index < -0.39 is 22.0 Å². The van der Waals surface area contributed by atoms with E-state index in [0.29, 0.717) is 34.6 Å². The van der Waals surface area contributed by atoms with Gasteiger partial charge < -0.3 is 25.0 Å². The largest absolute Gasteiger partial charge is 0.491 e. The van der Waals surface area contributed by atoms with Crippen LogP contribution in [0.4, 0.5) is 0 Å². The fourth-order valence-corrected chi connectivity index (χ4v) is 5.56. The number of carbonyl (C=O) groups excluding carboxylic acids is 1. The molecule has 11 heteroatoms. The van der Waals surface area contributed by atoms with Gasteiger partial charge in [-0.25, -0.2) is 13.1 Å². The van der Waals surface area contributed by atoms with Gasteiger partial charge in [-0.3, -0.25) is 9.78 Å². The zero-order valence-corrected chi connectivity index (χ0v) is 25.1. The number of hydrogen-bond acceptors (Lipinski definition) is 9. The minimum Gasteiger partial charge on any atom is -0.491 e. The Bertz CT molecular complexity index is 1820. The standard InChI is InChI=1S/C34H33N3O7S/c38-22-26(36-21-27(39)23-43-28-7-3-1-4-8-28)19-24-11-14-29(15-12-24)44-33-17-18-35-32-20-25(13-16-31(32)33)34(40)37-45(41,42)30-9-5-2-6-10-30/h1-18,20,26-27,36,38-39H,19,21-23H2,(H,37,40)/t26-,27-/m0/s1. The van der Waals surface area contributed by atoms with E-state index >= 15 is 0 Å². The molecule has 232 valence electrons. The molecule has 0 aliphatic rings. The van der Waals surface area contributed by atoms with Crippen LogP contribution in [0, 0.1) is 0 Å². The highest BCUT2D eigenvalue weighted by atomic mass is 32.2. The van der Waals surface area contributed by atoms with Crippen molar-refractivity contribution in [2.45, 2.75) is 23.5 Å². The molecule has 4 N–H and O–H groups in total. The summed E-state index contributed by atoms with van der Waals surface area (Å²) in [6.45, 7) is 0.294. The number of rotatable bonds is 14. The second kappa shape index (κ2) is 14.8. The van der Waals surface area contributed by atoms with Crippen LogP contribution in [0.5, 0.6) is 17.2 Å². The number of pyridine rings is 1. The highest BCUT2D eigenvalue weighted by Gasteiger charge is 2.19. The number of hydrogen-bond donors (Lipinski definition) is 4. The van der Waals surface area contributed by atoms with Gasteiger partial charge >= 0.3 is 0 Å². The molecule has 45 heavy (non-hydrogen) atoms. The molecule has 5 aromatic rings. The van der Waals surface area contributed by atoms with E-state index in [4.69, 9.17) is 9.47 Å². The first kappa shape index (κ1) is 31.6. The average molecular weight is 628 g/mol. The number of benzene rings is 4. The second-order valence-corrected chi connectivity index (χ2v) is 12.0. The molecule has 0 fully saturated rings. The summed E-state index contributed by atoms with van der Waals surface area (Å²) < 4.78 is 38.9. The SMILES string of the molecule is O=C(NS(=O)(=O)c1ccccc1)c1ccc2c(Oc3ccc(C[C@@H](CO)NC[C@H](O)COc4ccccc4)cc3)ccnc2c1. The van der Waals surface area contributed by atoms with Gasteiger partial charge in [0.15, 0.2) is 0 Å². The van der Waals surface area contributed by atoms with Crippen molar-refractivity contribution in [3.63, 3.8) is 0 Å². The number of para-hydroxylation sites is 1. The minimum absolute atomic E-state index is 0.00875. The van der Waals surface area contributed by atoms with Crippen molar-refractivity contribution in [3.05, 3.63) is 127 Å². The summed E-state index contributed by atoms with van der Waals surface area (Å²) in [5.41, 5.74) is 1.56. The number of aliphatic hydroxyl groups is 2. The highest BCUT2D eigenvalue weighted by molar-refractivity contribution is 7.90. The Balaban J connectivity index is 1.17. The van der Waals surface area contributed by atoms with Crippen molar-refractivity contribution in [2.75, 3.05) is 19.8 Å². The number of nitrogens with zero attached hydrogens (tertiary/aromatic N) is 1. The predicted molar refractivity (Wildman–Crippen MR) is 170 cm³/mol. The topological polar surface area (TPSA) is 147 Å². The number of aromatic nitrogens is 1. The van der Waals surface area contributed by atoms with E-state index in [-0.39, 0.29) is 36.3 Å². The first-order chi connectivity index (χ1) is 21.8. The molecule has 5 rings (SSSR count). The molecular formula is C34H33N3O7S. The third-order valence-corrected chi connectivity index (χ3v) is 8.27. The van der Waals surface area contributed by atoms with Gasteiger partial charge in [-0.15, -0.1) is 0 Å². The van der Waals surface area contributed by atoms with Crippen molar-refractivity contribution in [1.29, 1.82) is 0 Å². The van der Waals surface area contributed by atoms with Gasteiger partial charge in [0.25, 0.3) is 15.9 Å². The van der Waals surface area contributed by atoms with Crippen molar-refractivity contribution in [1.82, 2.24) is 15.0 Å². The van der Waals surface area contributed by atoms with Crippen LogP contribution in [-0.4, -0.2) is 61.4 Å². The lowest BCUT2D eigenvalue weighted by Crippen LogP contribution is -2.41. The molecule has 0 saturated heterocycles. The van der Waals surface area contributed by atoms with Gasteiger partial charge in [0.05, 0.1) is 17.0 Å². The molecule has 1 aromatic heterocycles. The summed E-state index contributed by atoms with van der Waals surface area (Å²) in [7, 11) is -4.02. The molecule has 0 bridgehead atoms. The van der Waals surface area contributed by atoms with Crippen LogP contribution < -0.4 is 19.5 Å². The summed E-state index contributed by atoms with van der Waals surface area (Å²) in [5, 5.41) is 24.0. The van der Waals surface area contributed by atoms with Gasteiger partial charge in [0.2, 0.25) is 0 Å². The summed E-state index contributed by atoms with van der Waals surface area (Å²) in [5.74, 6) is 0.999. The molecule has 4 aromatic carbocycles. The Morgan fingerprint density at radius 3 is 2.29 bits per heavy atom. The first-order valence-electron chi connectivity index (χ1n) is 14.3. The lowest BCUT2D eigenvalue weighted by molar-refractivity contribution is 0.0981. The van der Waals surface area contributed by atoms with Crippen molar-refractivity contribution >= 4 is 26.8 Å². The Hall–Kier alpha value is -4.81. The third kappa shape index (κ3) is 8.64. The van der Waals surface area contributed by atoms with Gasteiger partial charge in [-0.2, -0.15) is 0 Å². The average Bonchev–Trinajstić information content (AvgIpc) is 3.07. The molecule has 0 aliphatic carbocycles. The summed E-state index contributed by atoms with van der Waals surface area (Å²) in [6.07, 6.45) is 1.34. The maximum absolute atomic E-state index is 12.8. The van der Waals surface area contributed by atoms with E-state index in [2.05, 4.69) is 15.0 Å². The monoisotopic (exact) mass is 627 g/mol. The van der Waals surface area contributed by atoms with E-state index in [9.17, 15) is 23.4 Å². The zero-order valence-electron chi connectivity index (χ0n) is 24.2. The Labute approximate surface area is 261 Å². The third-order valence-electron chi connectivity index (χ3n) is 6.93. The van der Waals surface area contributed by atoms with Crippen molar-refractivity contribution in [3.8, 4) is 17.2 Å². The normalized spacial score (nSPS) is 12.8. The lowest BCUT2D eigenvalue weighted by Gasteiger charge is -2.19. The van der Waals surface area contributed by atoms with Crippen LogP contribution in [0.3, 0.4) is 0 Å². The van der Waals surface area contributed by atoms with Gasteiger partial charge in [-0.05, 0) is 72.6 Å². The minimum atomic E-state index is -4.02. The number of carbonyl (C=O) groups is 1. The van der Waals surface area contributed by atoms with Crippen molar-refractivity contribution in [2.24, 2.45) is 0 Å². The van der Waals surface area contributed by atoms with Crippen LogP contribution >= 0.6 is 0 Å². The smallest absolute Gasteiger partial charge is 0.265 e. The maximum atomic E-state index is 12.8. The van der Waals surface area contributed by atoms with Crippen LogP contribution in [0.15, 0.2) is 120 Å². The Morgan fingerprint density at radius 1 is 0.867 bits per heavy atom. The van der Waals surface area contributed by atoms with Gasteiger partial charge in [0, 0.05) is 29.7 Å². The number of amides is 1. The fraction of sp³-hybridized carbons (Fsp3) is 0.176.